The van der Waals surface area contributed by atoms with E-state index < -0.39 is 0 Å². The van der Waals surface area contributed by atoms with E-state index >= 15 is 0 Å². The van der Waals surface area contributed by atoms with E-state index in [0.29, 0.717) is 18.3 Å². The van der Waals surface area contributed by atoms with Crippen LogP contribution in [0.3, 0.4) is 0 Å². The number of benzene rings is 1. The van der Waals surface area contributed by atoms with Crippen LogP contribution in [0.25, 0.3) is 11.4 Å². The van der Waals surface area contributed by atoms with Crippen LogP contribution in [0.4, 0.5) is 0 Å². The molecule has 2 aromatic rings. The fourth-order valence-corrected chi connectivity index (χ4v) is 3.11. The van der Waals surface area contributed by atoms with Gasteiger partial charge >= 0.3 is 0 Å². The average Bonchev–Trinajstić information content (AvgIpc) is 3.10. The van der Waals surface area contributed by atoms with Crippen LogP contribution in [-0.4, -0.2) is 59.3 Å². The van der Waals surface area contributed by atoms with Gasteiger partial charge in [-0.15, -0.1) is 0 Å². The number of hydrogen-bond donors (Lipinski definition) is 0. The molecule has 1 fully saturated rings. The Morgan fingerprint density at radius 3 is 2.42 bits per heavy atom. The molecule has 2 heterocycles. The van der Waals surface area contributed by atoms with Crippen molar-refractivity contribution in [2.75, 3.05) is 39.3 Å². The molecule has 1 aliphatic rings. The van der Waals surface area contributed by atoms with Crippen molar-refractivity contribution in [2.24, 2.45) is 5.92 Å². The molecule has 0 amide bonds. The van der Waals surface area contributed by atoms with Crippen LogP contribution in [-0.2, 0) is 6.54 Å². The summed E-state index contributed by atoms with van der Waals surface area (Å²) in [5, 5.41) is 4.13. The molecular formula is C20H30N4O2. The second-order valence-electron chi connectivity index (χ2n) is 7.27. The lowest BCUT2D eigenvalue weighted by molar-refractivity contribution is 0.113. The lowest BCUT2D eigenvalue weighted by Crippen LogP contribution is -2.46. The van der Waals surface area contributed by atoms with Gasteiger partial charge in [-0.1, -0.05) is 19.0 Å². The Hall–Kier alpha value is -1.92. The van der Waals surface area contributed by atoms with Gasteiger partial charge in [0.2, 0.25) is 11.7 Å². The van der Waals surface area contributed by atoms with Crippen molar-refractivity contribution < 1.29 is 9.26 Å². The van der Waals surface area contributed by atoms with E-state index in [1.165, 1.54) is 13.0 Å². The number of aromatic nitrogens is 2. The molecule has 6 heteroatoms. The maximum Gasteiger partial charge on any atom is 0.241 e. The summed E-state index contributed by atoms with van der Waals surface area (Å²) in [6.45, 7) is 13.5. The first-order chi connectivity index (χ1) is 12.6. The summed E-state index contributed by atoms with van der Waals surface area (Å²) in [5.74, 6) is 2.95. The third kappa shape index (κ3) is 5.29. The minimum atomic E-state index is 0.638. The smallest absolute Gasteiger partial charge is 0.241 e. The predicted octanol–water partition coefficient (Wildman–Crippen LogP) is 3.30. The van der Waals surface area contributed by atoms with E-state index in [-0.39, 0.29) is 0 Å². The predicted molar refractivity (Wildman–Crippen MR) is 102 cm³/mol. The molecule has 0 aliphatic carbocycles. The Morgan fingerprint density at radius 2 is 1.77 bits per heavy atom. The van der Waals surface area contributed by atoms with E-state index in [0.717, 1.165) is 50.0 Å². The van der Waals surface area contributed by atoms with Crippen LogP contribution in [0.1, 0.15) is 33.1 Å². The summed E-state index contributed by atoms with van der Waals surface area (Å²) in [6, 6.07) is 7.80. The highest BCUT2D eigenvalue weighted by Gasteiger charge is 2.19. The van der Waals surface area contributed by atoms with E-state index in [9.17, 15) is 0 Å². The van der Waals surface area contributed by atoms with E-state index in [1.807, 2.05) is 31.2 Å². The number of rotatable bonds is 8. The first kappa shape index (κ1) is 18.9. The van der Waals surface area contributed by atoms with Gasteiger partial charge < -0.3 is 14.2 Å². The number of ether oxygens (including phenoxy) is 1. The molecule has 6 nitrogen and oxygen atoms in total. The van der Waals surface area contributed by atoms with Crippen molar-refractivity contribution in [3.63, 3.8) is 0 Å². The van der Waals surface area contributed by atoms with Gasteiger partial charge in [0.25, 0.3) is 0 Å². The SMILES string of the molecule is CCOc1ccc(-c2noc(CN3CCN(CCC(C)C)CC3)n2)cc1. The minimum absolute atomic E-state index is 0.638. The Labute approximate surface area is 156 Å². The molecule has 0 atom stereocenters. The maximum atomic E-state index is 5.47. The monoisotopic (exact) mass is 358 g/mol. The molecule has 1 aromatic carbocycles. The zero-order chi connectivity index (χ0) is 18.4. The van der Waals surface area contributed by atoms with Crippen LogP contribution in [0.15, 0.2) is 28.8 Å². The van der Waals surface area contributed by atoms with Gasteiger partial charge in [0.15, 0.2) is 0 Å². The molecule has 3 rings (SSSR count). The molecule has 0 radical (unpaired) electrons. The van der Waals surface area contributed by atoms with E-state index in [4.69, 9.17) is 9.26 Å². The zero-order valence-electron chi connectivity index (χ0n) is 16.1. The molecule has 26 heavy (non-hydrogen) atoms. The third-order valence-electron chi connectivity index (χ3n) is 4.74. The normalized spacial score (nSPS) is 16.3. The topological polar surface area (TPSA) is 54.6 Å². The van der Waals surface area contributed by atoms with Crippen LogP contribution in [0.5, 0.6) is 5.75 Å². The van der Waals surface area contributed by atoms with Crippen LogP contribution in [0, 0.1) is 5.92 Å². The lowest BCUT2D eigenvalue weighted by atomic mass is 10.1. The molecular weight excluding hydrogens is 328 g/mol. The van der Waals surface area contributed by atoms with Gasteiger partial charge in [-0.05, 0) is 50.1 Å². The van der Waals surface area contributed by atoms with Crippen molar-refractivity contribution in [1.29, 1.82) is 0 Å². The largest absolute Gasteiger partial charge is 0.494 e. The van der Waals surface area contributed by atoms with Crippen molar-refractivity contribution in [2.45, 2.75) is 33.7 Å². The van der Waals surface area contributed by atoms with Crippen LogP contribution >= 0.6 is 0 Å². The summed E-state index contributed by atoms with van der Waals surface area (Å²) in [4.78, 5) is 9.50. The van der Waals surface area contributed by atoms with Crippen molar-refractivity contribution in [3.8, 4) is 17.1 Å². The average molecular weight is 358 g/mol. The molecule has 0 bridgehead atoms. The summed E-state index contributed by atoms with van der Waals surface area (Å²) < 4.78 is 10.9. The molecule has 1 saturated heterocycles. The Bertz CT molecular complexity index is 661. The summed E-state index contributed by atoms with van der Waals surface area (Å²) in [6.07, 6.45) is 1.27. The van der Waals surface area contributed by atoms with E-state index in [2.05, 4.69) is 33.8 Å². The first-order valence-corrected chi connectivity index (χ1v) is 9.64. The first-order valence-electron chi connectivity index (χ1n) is 9.64. The Morgan fingerprint density at radius 1 is 1.08 bits per heavy atom. The highest BCUT2D eigenvalue weighted by molar-refractivity contribution is 5.55. The summed E-state index contributed by atoms with van der Waals surface area (Å²) >= 11 is 0. The highest BCUT2D eigenvalue weighted by Crippen LogP contribution is 2.20. The molecule has 1 aliphatic heterocycles. The molecule has 0 saturated carbocycles. The maximum absolute atomic E-state index is 5.47. The van der Waals surface area contributed by atoms with Crippen molar-refractivity contribution in [3.05, 3.63) is 30.2 Å². The number of nitrogens with zero attached hydrogens (tertiary/aromatic N) is 4. The highest BCUT2D eigenvalue weighted by atomic mass is 16.5. The van der Waals surface area contributed by atoms with Crippen LogP contribution in [0.2, 0.25) is 0 Å². The van der Waals surface area contributed by atoms with E-state index in [1.54, 1.807) is 0 Å². The second kappa shape index (κ2) is 9.14. The molecule has 0 N–H and O–H groups in total. The van der Waals surface area contributed by atoms with Gasteiger partial charge in [0.1, 0.15) is 5.75 Å². The van der Waals surface area contributed by atoms with Gasteiger partial charge in [0.05, 0.1) is 13.2 Å². The van der Waals surface area contributed by atoms with Gasteiger partial charge in [-0.3, -0.25) is 4.90 Å². The van der Waals surface area contributed by atoms with Gasteiger partial charge in [-0.2, -0.15) is 4.98 Å². The second-order valence-corrected chi connectivity index (χ2v) is 7.27. The summed E-state index contributed by atoms with van der Waals surface area (Å²) in [7, 11) is 0. The fourth-order valence-electron chi connectivity index (χ4n) is 3.11. The third-order valence-corrected chi connectivity index (χ3v) is 4.74. The molecule has 142 valence electrons. The standard InChI is InChI=1S/C20H30N4O2/c1-4-25-18-7-5-17(6-8-18)20-21-19(26-22-20)15-24-13-11-23(12-14-24)10-9-16(2)3/h5-8,16H,4,9-15H2,1-3H3. The molecule has 0 unspecified atom stereocenters. The minimum Gasteiger partial charge on any atom is -0.494 e. The quantitative estimate of drug-likeness (QED) is 0.722. The number of hydrogen-bond acceptors (Lipinski definition) is 6. The Kier molecular flexibility index (Phi) is 6.63. The van der Waals surface area contributed by atoms with Gasteiger partial charge in [-0.25, -0.2) is 0 Å². The zero-order valence-corrected chi connectivity index (χ0v) is 16.1. The van der Waals surface area contributed by atoms with Crippen molar-refractivity contribution >= 4 is 0 Å². The summed E-state index contributed by atoms with van der Waals surface area (Å²) in [5.41, 5.74) is 0.946. The number of piperazine rings is 1. The lowest BCUT2D eigenvalue weighted by Gasteiger charge is -2.34. The van der Waals surface area contributed by atoms with Crippen LogP contribution < -0.4 is 4.74 Å². The van der Waals surface area contributed by atoms with Gasteiger partial charge in [0, 0.05) is 31.7 Å². The Balaban J connectivity index is 1.50. The molecule has 1 aromatic heterocycles. The van der Waals surface area contributed by atoms with Crippen molar-refractivity contribution in [1.82, 2.24) is 19.9 Å². The fraction of sp³-hybridized carbons (Fsp3) is 0.600. The molecule has 0 spiro atoms.